The van der Waals surface area contributed by atoms with Crippen molar-refractivity contribution in [1.29, 1.82) is 0 Å². The standard InChI is InChI=1S/C16H21NO3/c1-2-6-14-9-10-15(11-18)17(14)16(19)20-12-13-7-4-3-5-8-13/h2-5,7-8,14-15,18H,1,6,9-12H2/t14-,15-/m0/s1. The van der Waals surface area contributed by atoms with E-state index in [-0.39, 0.29) is 31.4 Å². The Morgan fingerprint density at radius 2 is 2.05 bits per heavy atom. The fourth-order valence-electron chi connectivity index (χ4n) is 2.66. The third-order valence-corrected chi connectivity index (χ3v) is 3.69. The molecule has 0 aromatic heterocycles. The van der Waals surface area contributed by atoms with E-state index in [2.05, 4.69) is 6.58 Å². The minimum Gasteiger partial charge on any atom is -0.445 e. The highest BCUT2D eigenvalue weighted by Gasteiger charge is 2.36. The maximum atomic E-state index is 12.2. The number of hydrogen-bond donors (Lipinski definition) is 1. The number of aliphatic hydroxyl groups excluding tert-OH is 1. The van der Waals surface area contributed by atoms with E-state index in [1.165, 1.54) is 0 Å². The van der Waals surface area contributed by atoms with Gasteiger partial charge in [0.05, 0.1) is 12.6 Å². The van der Waals surface area contributed by atoms with Gasteiger partial charge in [0, 0.05) is 6.04 Å². The van der Waals surface area contributed by atoms with Crippen LogP contribution >= 0.6 is 0 Å². The second-order valence-corrected chi connectivity index (χ2v) is 5.04. The molecule has 0 radical (unpaired) electrons. The van der Waals surface area contributed by atoms with Gasteiger partial charge in [0.15, 0.2) is 0 Å². The van der Waals surface area contributed by atoms with Gasteiger partial charge in [-0.2, -0.15) is 0 Å². The van der Waals surface area contributed by atoms with Crippen molar-refractivity contribution < 1.29 is 14.6 Å². The van der Waals surface area contributed by atoms with E-state index < -0.39 is 0 Å². The molecule has 0 saturated carbocycles. The van der Waals surface area contributed by atoms with Gasteiger partial charge in [-0.3, -0.25) is 4.90 Å². The summed E-state index contributed by atoms with van der Waals surface area (Å²) in [6.45, 7) is 3.96. The maximum absolute atomic E-state index is 12.2. The third kappa shape index (κ3) is 3.39. The van der Waals surface area contributed by atoms with Gasteiger partial charge in [-0.05, 0) is 24.8 Å². The normalized spacial score (nSPS) is 21.8. The molecule has 4 nitrogen and oxygen atoms in total. The van der Waals surface area contributed by atoms with Crippen molar-refractivity contribution in [3.05, 3.63) is 48.6 Å². The monoisotopic (exact) mass is 275 g/mol. The molecule has 1 amide bonds. The number of hydrogen-bond acceptors (Lipinski definition) is 3. The molecule has 1 aliphatic rings. The van der Waals surface area contributed by atoms with E-state index in [1.807, 2.05) is 36.4 Å². The highest BCUT2D eigenvalue weighted by molar-refractivity contribution is 5.69. The number of aliphatic hydroxyl groups is 1. The van der Waals surface area contributed by atoms with Gasteiger partial charge < -0.3 is 9.84 Å². The number of rotatable bonds is 5. The van der Waals surface area contributed by atoms with E-state index >= 15 is 0 Å². The molecule has 1 heterocycles. The van der Waals surface area contributed by atoms with Crippen molar-refractivity contribution in [1.82, 2.24) is 4.90 Å². The zero-order chi connectivity index (χ0) is 14.4. The van der Waals surface area contributed by atoms with Gasteiger partial charge in [0.2, 0.25) is 0 Å². The lowest BCUT2D eigenvalue weighted by Crippen LogP contribution is -2.43. The van der Waals surface area contributed by atoms with Gasteiger partial charge in [-0.1, -0.05) is 36.4 Å². The Balaban J connectivity index is 1.96. The van der Waals surface area contributed by atoms with Crippen LogP contribution in [0.15, 0.2) is 43.0 Å². The summed E-state index contributed by atoms with van der Waals surface area (Å²) >= 11 is 0. The van der Waals surface area contributed by atoms with Crippen LogP contribution in [-0.2, 0) is 11.3 Å². The number of carbonyl (C=O) groups excluding carboxylic acids is 1. The van der Waals surface area contributed by atoms with E-state index in [1.54, 1.807) is 4.90 Å². The molecule has 0 bridgehead atoms. The first-order valence-electron chi connectivity index (χ1n) is 6.97. The van der Waals surface area contributed by atoms with Crippen molar-refractivity contribution in [3.8, 4) is 0 Å². The second-order valence-electron chi connectivity index (χ2n) is 5.04. The number of carbonyl (C=O) groups is 1. The van der Waals surface area contributed by atoms with Crippen molar-refractivity contribution >= 4 is 6.09 Å². The molecule has 1 fully saturated rings. The lowest BCUT2D eigenvalue weighted by Gasteiger charge is -2.28. The molecule has 108 valence electrons. The van der Waals surface area contributed by atoms with Crippen molar-refractivity contribution in [2.24, 2.45) is 0 Å². The van der Waals surface area contributed by atoms with E-state index in [0.29, 0.717) is 0 Å². The molecule has 1 saturated heterocycles. The first-order valence-corrected chi connectivity index (χ1v) is 6.97. The van der Waals surface area contributed by atoms with Gasteiger partial charge in [-0.25, -0.2) is 4.79 Å². The number of nitrogens with zero attached hydrogens (tertiary/aromatic N) is 1. The molecule has 1 aliphatic heterocycles. The van der Waals surface area contributed by atoms with Crippen LogP contribution in [0.25, 0.3) is 0 Å². The van der Waals surface area contributed by atoms with Crippen molar-refractivity contribution in [2.75, 3.05) is 6.61 Å². The summed E-state index contributed by atoms with van der Waals surface area (Å²) in [7, 11) is 0. The Morgan fingerprint density at radius 1 is 1.35 bits per heavy atom. The minimum atomic E-state index is -0.350. The number of benzene rings is 1. The van der Waals surface area contributed by atoms with Crippen molar-refractivity contribution in [3.63, 3.8) is 0 Å². The van der Waals surface area contributed by atoms with Crippen LogP contribution in [0.4, 0.5) is 4.79 Å². The van der Waals surface area contributed by atoms with Crippen LogP contribution in [0.1, 0.15) is 24.8 Å². The second kappa shape index (κ2) is 7.10. The lowest BCUT2D eigenvalue weighted by molar-refractivity contribution is 0.0654. The Kier molecular flexibility index (Phi) is 5.18. The molecule has 1 N–H and O–H groups in total. The van der Waals surface area contributed by atoms with Gasteiger partial charge in [0.1, 0.15) is 6.61 Å². The average molecular weight is 275 g/mol. The van der Waals surface area contributed by atoms with Crippen LogP contribution in [0, 0.1) is 0 Å². The molecule has 0 spiro atoms. The quantitative estimate of drug-likeness (QED) is 0.841. The number of ether oxygens (including phenoxy) is 1. The Bertz CT molecular complexity index is 446. The zero-order valence-electron chi connectivity index (χ0n) is 11.6. The molecular formula is C16H21NO3. The zero-order valence-corrected chi connectivity index (χ0v) is 11.6. The molecule has 20 heavy (non-hydrogen) atoms. The van der Waals surface area contributed by atoms with Gasteiger partial charge in [0.25, 0.3) is 0 Å². The molecule has 0 aliphatic carbocycles. The molecular weight excluding hydrogens is 254 g/mol. The number of likely N-dealkylation sites (tertiary alicyclic amines) is 1. The van der Waals surface area contributed by atoms with Crippen LogP contribution in [0.3, 0.4) is 0 Å². The van der Waals surface area contributed by atoms with E-state index in [9.17, 15) is 9.90 Å². The molecule has 0 unspecified atom stereocenters. The Morgan fingerprint density at radius 3 is 2.70 bits per heavy atom. The largest absolute Gasteiger partial charge is 0.445 e. The summed E-state index contributed by atoms with van der Waals surface area (Å²) in [5.74, 6) is 0. The molecule has 4 heteroatoms. The smallest absolute Gasteiger partial charge is 0.410 e. The predicted octanol–water partition coefficient (Wildman–Crippen LogP) is 2.72. The molecule has 1 aromatic carbocycles. The summed E-state index contributed by atoms with van der Waals surface area (Å²) in [5.41, 5.74) is 0.959. The van der Waals surface area contributed by atoms with E-state index in [0.717, 1.165) is 24.8 Å². The molecule has 1 aromatic rings. The van der Waals surface area contributed by atoms with Gasteiger partial charge in [-0.15, -0.1) is 6.58 Å². The fraction of sp³-hybridized carbons (Fsp3) is 0.438. The van der Waals surface area contributed by atoms with Crippen LogP contribution in [0.5, 0.6) is 0 Å². The first kappa shape index (κ1) is 14.6. The van der Waals surface area contributed by atoms with Crippen LogP contribution in [0.2, 0.25) is 0 Å². The summed E-state index contributed by atoms with van der Waals surface area (Å²) < 4.78 is 5.36. The maximum Gasteiger partial charge on any atom is 0.410 e. The van der Waals surface area contributed by atoms with Crippen LogP contribution in [-0.4, -0.2) is 34.8 Å². The lowest BCUT2D eigenvalue weighted by atomic mass is 10.1. The highest BCUT2D eigenvalue weighted by Crippen LogP contribution is 2.27. The van der Waals surface area contributed by atoms with Crippen molar-refractivity contribution in [2.45, 2.75) is 38.0 Å². The Hall–Kier alpha value is -1.81. The van der Waals surface area contributed by atoms with Crippen LogP contribution < -0.4 is 0 Å². The minimum absolute atomic E-state index is 0.0198. The summed E-state index contributed by atoms with van der Waals surface area (Å²) in [4.78, 5) is 13.9. The summed E-state index contributed by atoms with van der Waals surface area (Å²) in [6, 6.07) is 9.54. The predicted molar refractivity (Wildman–Crippen MR) is 77.2 cm³/mol. The SMILES string of the molecule is C=CC[C@H]1CC[C@@H](CO)N1C(=O)OCc1ccccc1. The Labute approximate surface area is 119 Å². The van der Waals surface area contributed by atoms with E-state index in [4.69, 9.17) is 4.74 Å². The first-order chi connectivity index (χ1) is 9.76. The van der Waals surface area contributed by atoms with Gasteiger partial charge >= 0.3 is 6.09 Å². The third-order valence-electron chi connectivity index (χ3n) is 3.69. The number of amides is 1. The molecule has 2 rings (SSSR count). The highest BCUT2D eigenvalue weighted by atomic mass is 16.6. The summed E-state index contributed by atoms with van der Waals surface area (Å²) in [6.07, 6.45) is 3.89. The fourth-order valence-corrected chi connectivity index (χ4v) is 2.66. The topological polar surface area (TPSA) is 49.8 Å². The summed E-state index contributed by atoms with van der Waals surface area (Å²) in [5, 5.41) is 9.38. The average Bonchev–Trinajstić information content (AvgIpc) is 2.89. The molecule has 2 atom stereocenters.